The average molecular weight is 538 g/mol. The second-order valence-corrected chi connectivity index (χ2v) is 9.54. The largest absolute Gasteiger partial charge is 0.507 e. The highest BCUT2D eigenvalue weighted by Crippen LogP contribution is 2.40. The highest BCUT2D eigenvalue weighted by atomic mass is 16.5. The number of carbonyl (C=O) groups is 3. The molecular formula is C29H35N3O7. The predicted octanol–water partition coefficient (Wildman–Crippen LogP) is 2.40. The SMILES string of the molecule is CCOc1ccc(C(O)=C2C(=O)C(=O)N(CCCN3CCOCC3)C2c2ccc(OCC(N)=O)cc2)cc1C. The van der Waals surface area contributed by atoms with Crippen molar-refractivity contribution in [3.8, 4) is 11.5 Å². The monoisotopic (exact) mass is 537 g/mol. The number of benzene rings is 2. The van der Waals surface area contributed by atoms with Crippen molar-refractivity contribution in [1.29, 1.82) is 0 Å². The maximum absolute atomic E-state index is 13.3. The first-order valence-electron chi connectivity index (χ1n) is 13.1. The second-order valence-electron chi connectivity index (χ2n) is 9.54. The molecular weight excluding hydrogens is 502 g/mol. The first-order valence-corrected chi connectivity index (χ1v) is 13.1. The number of likely N-dealkylation sites (tertiary alicyclic amines) is 1. The Balaban J connectivity index is 1.67. The number of amides is 2. The standard InChI is InChI=1S/C29H35N3O7/c1-3-38-23-10-7-21(17-19(23)2)27(34)25-26(20-5-8-22(9-6-20)39-18-24(30)33)32(29(36)28(25)35)12-4-11-31-13-15-37-16-14-31/h5-10,17,26,34H,3-4,11-16,18H2,1-2H3,(H2,30,33). The van der Waals surface area contributed by atoms with Crippen molar-refractivity contribution in [2.24, 2.45) is 5.73 Å². The number of primary amides is 1. The Morgan fingerprint density at radius 3 is 2.44 bits per heavy atom. The minimum absolute atomic E-state index is 0.0285. The van der Waals surface area contributed by atoms with E-state index in [-0.39, 0.29) is 17.9 Å². The summed E-state index contributed by atoms with van der Waals surface area (Å²) >= 11 is 0. The summed E-state index contributed by atoms with van der Waals surface area (Å²) in [7, 11) is 0. The molecule has 39 heavy (non-hydrogen) atoms. The van der Waals surface area contributed by atoms with Crippen LogP contribution in [0.2, 0.25) is 0 Å². The van der Waals surface area contributed by atoms with Gasteiger partial charge in [0.15, 0.2) is 6.61 Å². The fraction of sp³-hybridized carbons (Fsp3) is 0.414. The van der Waals surface area contributed by atoms with Crippen LogP contribution < -0.4 is 15.2 Å². The minimum atomic E-state index is -0.785. The Bertz CT molecular complexity index is 1240. The number of aryl methyl sites for hydroxylation is 1. The number of Topliss-reactive ketones (excluding diaryl/α,β-unsaturated/α-hetero) is 1. The molecule has 2 aliphatic heterocycles. The summed E-state index contributed by atoms with van der Waals surface area (Å²) in [4.78, 5) is 41.5. The maximum Gasteiger partial charge on any atom is 0.295 e. The number of carbonyl (C=O) groups excluding carboxylic acids is 3. The highest BCUT2D eigenvalue weighted by Gasteiger charge is 2.45. The molecule has 2 aliphatic rings. The van der Waals surface area contributed by atoms with Crippen molar-refractivity contribution in [2.45, 2.75) is 26.3 Å². The van der Waals surface area contributed by atoms with Crippen LogP contribution in [0.4, 0.5) is 0 Å². The number of hydrogen-bond donors (Lipinski definition) is 2. The molecule has 3 N–H and O–H groups in total. The van der Waals surface area contributed by atoms with E-state index in [0.29, 0.717) is 55.4 Å². The van der Waals surface area contributed by atoms with Gasteiger partial charge < -0.3 is 30.0 Å². The molecule has 0 bridgehead atoms. The third-order valence-electron chi connectivity index (χ3n) is 6.84. The lowest BCUT2D eigenvalue weighted by Gasteiger charge is -2.29. The average Bonchev–Trinajstić information content (AvgIpc) is 3.18. The van der Waals surface area contributed by atoms with E-state index in [0.717, 1.165) is 25.2 Å². The molecule has 0 spiro atoms. The van der Waals surface area contributed by atoms with Crippen LogP contribution in [0.3, 0.4) is 0 Å². The molecule has 2 saturated heterocycles. The maximum atomic E-state index is 13.3. The number of ether oxygens (including phenoxy) is 3. The summed E-state index contributed by atoms with van der Waals surface area (Å²) in [5, 5.41) is 11.4. The van der Waals surface area contributed by atoms with Gasteiger partial charge in [-0.3, -0.25) is 19.3 Å². The molecule has 4 rings (SSSR count). The molecule has 0 aromatic heterocycles. The van der Waals surface area contributed by atoms with Gasteiger partial charge in [-0.15, -0.1) is 0 Å². The lowest BCUT2D eigenvalue weighted by atomic mass is 9.94. The van der Waals surface area contributed by atoms with Gasteiger partial charge in [0, 0.05) is 31.7 Å². The third-order valence-corrected chi connectivity index (χ3v) is 6.84. The van der Waals surface area contributed by atoms with Crippen LogP contribution in [0, 0.1) is 6.92 Å². The van der Waals surface area contributed by atoms with E-state index >= 15 is 0 Å². The number of nitrogens with two attached hydrogens (primary N) is 1. The highest BCUT2D eigenvalue weighted by molar-refractivity contribution is 6.46. The smallest absolute Gasteiger partial charge is 0.295 e. The van der Waals surface area contributed by atoms with Crippen molar-refractivity contribution < 1.29 is 33.7 Å². The van der Waals surface area contributed by atoms with E-state index in [1.54, 1.807) is 42.5 Å². The molecule has 2 heterocycles. The van der Waals surface area contributed by atoms with Gasteiger partial charge in [-0.25, -0.2) is 0 Å². The Labute approximate surface area is 227 Å². The van der Waals surface area contributed by atoms with Gasteiger partial charge in [0.25, 0.3) is 17.6 Å². The summed E-state index contributed by atoms with van der Waals surface area (Å²) in [5.41, 5.74) is 7.05. The number of ketones is 1. The quantitative estimate of drug-likeness (QED) is 0.254. The molecule has 0 saturated carbocycles. The van der Waals surface area contributed by atoms with Crippen LogP contribution in [-0.4, -0.2) is 85.1 Å². The second kappa shape index (κ2) is 12.8. The summed E-state index contributed by atoms with van der Waals surface area (Å²) < 4.78 is 16.4. The number of nitrogens with zero attached hydrogens (tertiary/aromatic N) is 2. The molecule has 2 aromatic rings. The van der Waals surface area contributed by atoms with Crippen molar-refractivity contribution in [1.82, 2.24) is 9.80 Å². The Morgan fingerprint density at radius 1 is 1.08 bits per heavy atom. The number of rotatable bonds is 11. The van der Waals surface area contributed by atoms with Gasteiger partial charge in [-0.1, -0.05) is 12.1 Å². The molecule has 0 aliphatic carbocycles. The van der Waals surface area contributed by atoms with Crippen molar-refractivity contribution in [2.75, 3.05) is 52.6 Å². The zero-order valence-corrected chi connectivity index (χ0v) is 22.4. The fourth-order valence-corrected chi connectivity index (χ4v) is 4.92. The van der Waals surface area contributed by atoms with Crippen LogP contribution >= 0.6 is 0 Å². The molecule has 1 unspecified atom stereocenters. The Hall–Kier alpha value is -3.89. The molecule has 208 valence electrons. The number of aliphatic hydroxyl groups is 1. The third kappa shape index (κ3) is 6.58. The summed E-state index contributed by atoms with van der Waals surface area (Å²) in [5.74, 6) is -1.12. The zero-order chi connectivity index (χ0) is 27.9. The van der Waals surface area contributed by atoms with Gasteiger partial charge in [-0.05, 0) is 61.7 Å². The van der Waals surface area contributed by atoms with Crippen molar-refractivity contribution >= 4 is 23.4 Å². The first-order chi connectivity index (χ1) is 18.8. The number of morpholine rings is 1. The molecule has 2 amide bonds. The molecule has 1 atom stereocenters. The van der Waals surface area contributed by atoms with E-state index in [9.17, 15) is 19.5 Å². The lowest BCUT2D eigenvalue weighted by Crippen LogP contribution is -2.38. The van der Waals surface area contributed by atoms with E-state index in [1.165, 1.54) is 4.90 Å². The van der Waals surface area contributed by atoms with Gasteiger partial charge in [0.2, 0.25) is 0 Å². The Kier molecular flexibility index (Phi) is 9.21. The van der Waals surface area contributed by atoms with Gasteiger partial charge in [0.05, 0.1) is 31.4 Å². The summed E-state index contributed by atoms with van der Waals surface area (Å²) in [6.45, 7) is 8.08. The first kappa shape index (κ1) is 28.1. The molecule has 2 aromatic carbocycles. The molecule has 10 nitrogen and oxygen atoms in total. The summed E-state index contributed by atoms with van der Waals surface area (Å²) in [6, 6.07) is 11.1. The molecule has 2 fully saturated rings. The topological polar surface area (TPSA) is 132 Å². The van der Waals surface area contributed by atoms with Crippen LogP contribution in [0.5, 0.6) is 11.5 Å². The zero-order valence-electron chi connectivity index (χ0n) is 22.4. The van der Waals surface area contributed by atoms with Gasteiger partial charge in [-0.2, -0.15) is 0 Å². The van der Waals surface area contributed by atoms with E-state index in [2.05, 4.69) is 4.90 Å². The van der Waals surface area contributed by atoms with Crippen LogP contribution in [0.15, 0.2) is 48.0 Å². The number of hydrogen-bond acceptors (Lipinski definition) is 8. The fourth-order valence-electron chi connectivity index (χ4n) is 4.92. The Morgan fingerprint density at radius 2 is 1.79 bits per heavy atom. The molecule has 10 heteroatoms. The van der Waals surface area contributed by atoms with E-state index in [4.69, 9.17) is 19.9 Å². The van der Waals surface area contributed by atoms with Crippen LogP contribution in [0.25, 0.3) is 5.76 Å². The van der Waals surface area contributed by atoms with Crippen LogP contribution in [0.1, 0.15) is 36.1 Å². The lowest BCUT2D eigenvalue weighted by molar-refractivity contribution is -0.140. The van der Waals surface area contributed by atoms with Crippen LogP contribution in [-0.2, 0) is 19.1 Å². The minimum Gasteiger partial charge on any atom is -0.507 e. The van der Waals surface area contributed by atoms with Gasteiger partial charge >= 0.3 is 0 Å². The van der Waals surface area contributed by atoms with E-state index < -0.39 is 23.6 Å². The van der Waals surface area contributed by atoms with E-state index in [1.807, 2.05) is 13.8 Å². The van der Waals surface area contributed by atoms with Crippen molar-refractivity contribution in [3.63, 3.8) is 0 Å². The van der Waals surface area contributed by atoms with Crippen molar-refractivity contribution in [3.05, 3.63) is 64.7 Å². The predicted molar refractivity (Wildman–Crippen MR) is 144 cm³/mol. The summed E-state index contributed by atoms with van der Waals surface area (Å²) in [6.07, 6.45) is 0.658. The van der Waals surface area contributed by atoms with Gasteiger partial charge in [0.1, 0.15) is 17.3 Å². The number of aliphatic hydroxyl groups excluding tert-OH is 1. The normalized spacial score (nSPS) is 19.3. The molecule has 0 radical (unpaired) electrons.